The third-order valence-corrected chi connectivity index (χ3v) is 5.00. The standard InChI is InChI=1S/C19H20N2O3/c1-20-15-7-5-4-6-13(15)18-14-11-17(24-3)16(23-2)10-12(14)8-9-21(18)19(20)22/h4-7,10-11,18H,8-9H2,1-3H3. The van der Waals surface area contributed by atoms with Gasteiger partial charge in [0.1, 0.15) is 0 Å². The Hall–Kier alpha value is -2.69. The van der Waals surface area contributed by atoms with E-state index in [0.717, 1.165) is 29.0 Å². The molecular weight excluding hydrogens is 304 g/mol. The fraction of sp³-hybridized carbons (Fsp3) is 0.316. The Morgan fingerprint density at radius 1 is 1.04 bits per heavy atom. The van der Waals surface area contributed by atoms with Crippen molar-refractivity contribution in [3.63, 3.8) is 0 Å². The SMILES string of the molecule is COc1cc2c(cc1OC)C1c3ccccc3N(C)C(=O)N1CC2. The number of amides is 2. The molecule has 0 radical (unpaired) electrons. The maximum absolute atomic E-state index is 12.8. The van der Waals surface area contributed by atoms with Gasteiger partial charge in [0.05, 0.1) is 25.9 Å². The average molecular weight is 324 g/mol. The molecule has 2 aliphatic rings. The molecule has 1 atom stereocenters. The number of benzene rings is 2. The predicted octanol–water partition coefficient (Wildman–Crippen LogP) is 3.22. The lowest BCUT2D eigenvalue weighted by Gasteiger charge is -2.44. The summed E-state index contributed by atoms with van der Waals surface area (Å²) >= 11 is 0. The molecule has 24 heavy (non-hydrogen) atoms. The number of hydrogen-bond acceptors (Lipinski definition) is 3. The molecule has 0 bridgehead atoms. The molecule has 0 aliphatic carbocycles. The van der Waals surface area contributed by atoms with E-state index in [4.69, 9.17) is 9.47 Å². The van der Waals surface area contributed by atoms with E-state index < -0.39 is 0 Å². The summed E-state index contributed by atoms with van der Waals surface area (Å²) in [6, 6.07) is 12.1. The summed E-state index contributed by atoms with van der Waals surface area (Å²) in [5.41, 5.74) is 4.44. The summed E-state index contributed by atoms with van der Waals surface area (Å²) in [4.78, 5) is 16.5. The zero-order chi connectivity index (χ0) is 16.8. The van der Waals surface area contributed by atoms with Crippen LogP contribution >= 0.6 is 0 Å². The van der Waals surface area contributed by atoms with Gasteiger partial charge < -0.3 is 14.4 Å². The maximum atomic E-state index is 12.8. The highest BCUT2D eigenvalue weighted by atomic mass is 16.5. The van der Waals surface area contributed by atoms with Crippen LogP contribution in [0.5, 0.6) is 11.5 Å². The third-order valence-electron chi connectivity index (χ3n) is 5.00. The van der Waals surface area contributed by atoms with Gasteiger partial charge in [-0.25, -0.2) is 4.79 Å². The second-order valence-corrected chi connectivity index (χ2v) is 6.15. The number of anilines is 1. The van der Waals surface area contributed by atoms with Crippen molar-refractivity contribution in [1.82, 2.24) is 4.90 Å². The van der Waals surface area contributed by atoms with Crippen molar-refractivity contribution >= 4 is 11.7 Å². The average Bonchev–Trinajstić information content (AvgIpc) is 2.64. The Morgan fingerprint density at radius 2 is 1.75 bits per heavy atom. The van der Waals surface area contributed by atoms with Gasteiger partial charge in [-0.05, 0) is 35.7 Å². The monoisotopic (exact) mass is 324 g/mol. The van der Waals surface area contributed by atoms with Crippen LogP contribution in [-0.2, 0) is 6.42 Å². The van der Waals surface area contributed by atoms with Gasteiger partial charge in [0, 0.05) is 19.2 Å². The predicted molar refractivity (Wildman–Crippen MR) is 92.0 cm³/mol. The van der Waals surface area contributed by atoms with Crippen LogP contribution in [0.1, 0.15) is 22.7 Å². The lowest BCUT2D eigenvalue weighted by molar-refractivity contribution is 0.183. The Kier molecular flexibility index (Phi) is 3.37. The lowest BCUT2D eigenvalue weighted by Crippen LogP contribution is -2.50. The minimum atomic E-state index is -0.0755. The van der Waals surface area contributed by atoms with Gasteiger partial charge in [-0.2, -0.15) is 0 Å². The van der Waals surface area contributed by atoms with Crippen molar-refractivity contribution in [3.8, 4) is 11.5 Å². The quantitative estimate of drug-likeness (QED) is 0.852. The summed E-state index contributed by atoms with van der Waals surface area (Å²) in [6.45, 7) is 0.699. The molecule has 0 fully saturated rings. The first-order valence-corrected chi connectivity index (χ1v) is 8.03. The normalized spacial score (nSPS) is 18.6. The number of nitrogens with zero attached hydrogens (tertiary/aromatic N) is 2. The first kappa shape index (κ1) is 14.9. The van der Waals surface area contributed by atoms with Crippen LogP contribution in [0.2, 0.25) is 0 Å². The molecule has 2 aliphatic heterocycles. The molecule has 4 rings (SSSR count). The molecule has 0 N–H and O–H groups in total. The summed E-state index contributed by atoms with van der Waals surface area (Å²) in [7, 11) is 5.12. The van der Waals surface area contributed by atoms with E-state index >= 15 is 0 Å². The van der Waals surface area contributed by atoms with Gasteiger partial charge >= 0.3 is 6.03 Å². The van der Waals surface area contributed by atoms with E-state index in [0.29, 0.717) is 12.3 Å². The second kappa shape index (κ2) is 5.44. The first-order valence-electron chi connectivity index (χ1n) is 8.03. The highest BCUT2D eigenvalue weighted by Gasteiger charge is 2.40. The fourth-order valence-electron chi connectivity index (χ4n) is 3.81. The van der Waals surface area contributed by atoms with E-state index in [9.17, 15) is 4.79 Å². The number of para-hydroxylation sites is 1. The summed E-state index contributed by atoms with van der Waals surface area (Å²) in [5, 5.41) is 0. The first-order chi connectivity index (χ1) is 11.7. The van der Waals surface area contributed by atoms with Crippen LogP contribution in [-0.4, -0.2) is 38.7 Å². The molecule has 2 amide bonds. The Morgan fingerprint density at radius 3 is 2.50 bits per heavy atom. The molecule has 0 spiro atoms. The van der Waals surface area contributed by atoms with Gasteiger partial charge in [-0.1, -0.05) is 18.2 Å². The van der Waals surface area contributed by atoms with Crippen LogP contribution in [0.15, 0.2) is 36.4 Å². The van der Waals surface area contributed by atoms with Crippen molar-refractivity contribution in [1.29, 1.82) is 0 Å². The molecule has 5 nitrogen and oxygen atoms in total. The zero-order valence-corrected chi connectivity index (χ0v) is 14.1. The van der Waals surface area contributed by atoms with Crippen molar-refractivity contribution in [2.24, 2.45) is 0 Å². The van der Waals surface area contributed by atoms with Crippen LogP contribution in [0, 0.1) is 0 Å². The van der Waals surface area contributed by atoms with Crippen LogP contribution in [0.3, 0.4) is 0 Å². The van der Waals surface area contributed by atoms with Crippen LogP contribution in [0.25, 0.3) is 0 Å². The molecule has 2 aromatic rings. The number of urea groups is 1. The second-order valence-electron chi connectivity index (χ2n) is 6.15. The van der Waals surface area contributed by atoms with Crippen LogP contribution < -0.4 is 14.4 Å². The molecule has 2 heterocycles. The molecule has 2 aromatic carbocycles. The molecule has 0 saturated carbocycles. The smallest absolute Gasteiger partial charge is 0.325 e. The number of carbonyl (C=O) groups is 1. The number of methoxy groups -OCH3 is 2. The Bertz CT molecular complexity index is 818. The summed E-state index contributed by atoms with van der Waals surface area (Å²) < 4.78 is 10.9. The number of rotatable bonds is 2. The summed E-state index contributed by atoms with van der Waals surface area (Å²) in [5.74, 6) is 1.43. The minimum Gasteiger partial charge on any atom is -0.493 e. The number of fused-ring (bicyclic) bond motifs is 5. The largest absolute Gasteiger partial charge is 0.493 e. The van der Waals surface area contributed by atoms with Crippen molar-refractivity contribution in [2.75, 3.05) is 32.7 Å². The van der Waals surface area contributed by atoms with E-state index in [2.05, 4.69) is 6.07 Å². The number of hydrogen-bond donors (Lipinski definition) is 0. The number of ether oxygens (including phenoxy) is 2. The zero-order valence-electron chi connectivity index (χ0n) is 14.1. The molecule has 0 saturated heterocycles. The third kappa shape index (κ3) is 1.97. The van der Waals surface area contributed by atoms with E-state index in [1.165, 1.54) is 5.56 Å². The fourth-order valence-corrected chi connectivity index (χ4v) is 3.81. The highest BCUT2D eigenvalue weighted by Crippen LogP contribution is 2.46. The van der Waals surface area contributed by atoms with Gasteiger partial charge in [0.15, 0.2) is 11.5 Å². The van der Waals surface area contributed by atoms with Gasteiger partial charge in [0.2, 0.25) is 0 Å². The van der Waals surface area contributed by atoms with Gasteiger partial charge in [-0.15, -0.1) is 0 Å². The lowest BCUT2D eigenvalue weighted by atomic mass is 9.85. The van der Waals surface area contributed by atoms with Crippen LogP contribution in [0.4, 0.5) is 10.5 Å². The summed E-state index contributed by atoms with van der Waals surface area (Å²) in [6.07, 6.45) is 0.813. The Balaban J connectivity index is 1.94. The maximum Gasteiger partial charge on any atom is 0.325 e. The highest BCUT2D eigenvalue weighted by molar-refractivity contribution is 5.96. The van der Waals surface area contributed by atoms with Crippen molar-refractivity contribution < 1.29 is 14.3 Å². The molecular formula is C19H20N2O3. The number of carbonyl (C=O) groups excluding carboxylic acids is 1. The van der Waals surface area contributed by atoms with Gasteiger partial charge in [0.25, 0.3) is 0 Å². The topological polar surface area (TPSA) is 42.0 Å². The Labute approximate surface area is 141 Å². The minimum absolute atomic E-state index is 0.0409. The molecule has 0 aromatic heterocycles. The van der Waals surface area contributed by atoms with Crippen molar-refractivity contribution in [2.45, 2.75) is 12.5 Å². The van der Waals surface area contributed by atoms with E-state index in [1.807, 2.05) is 42.3 Å². The molecule has 124 valence electrons. The van der Waals surface area contributed by atoms with E-state index in [1.54, 1.807) is 19.1 Å². The molecule has 5 heteroatoms. The van der Waals surface area contributed by atoms with E-state index in [-0.39, 0.29) is 12.1 Å². The van der Waals surface area contributed by atoms with Crippen molar-refractivity contribution in [3.05, 3.63) is 53.1 Å². The van der Waals surface area contributed by atoms with Gasteiger partial charge in [-0.3, -0.25) is 4.90 Å². The molecule has 1 unspecified atom stereocenters.